The molecule has 4 heteroatoms. The topological polar surface area (TPSA) is 42.2 Å². The molecule has 1 N–H and O–H groups in total. The van der Waals surface area contributed by atoms with Gasteiger partial charge in [-0.05, 0) is 42.5 Å². The number of halogens is 1. The molecule has 0 aliphatic heterocycles. The summed E-state index contributed by atoms with van der Waals surface area (Å²) in [4.78, 5) is 10.4. The van der Waals surface area contributed by atoms with Gasteiger partial charge in [-0.3, -0.25) is 4.79 Å². The molecule has 1 aromatic heterocycles. The number of nitrogens with zero attached hydrogens (tertiary/aromatic N) is 1. The summed E-state index contributed by atoms with van der Waals surface area (Å²) in [6.07, 6.45) is 4.65. The molecule has 0 spiro atoms. The van der Waals surface area contributed by atoms with Gasteiger partial charge in [0.1, 0.15) is 5.82 Å². The Labute approximate surface area is 105 Å². The molecule has 0 unspecified atom stereocenters. The van der Waals surface area contributed by atoms with Crippen LogP contribution in [0.1, 0.15) is 25.7 Å². The van der Waals surface area contributed by atoms with Crippen molar-refractivity contribution < 1.29 is 14.3 Å². The van der Waals surface area contributed by atoms with Crippen molar-refractivity contribution in [2.75, 3.05) is 0 Å². The summed E-state index contributed by atoms with van der Waals surface area (Å²) in [5.41, 5.74) is 0.897. The molecular formula is C14H16FNO2. The first-order chi connectivity index (χ1) is 8.66. The van der Waals surface area contributed by atoms with Crippen molar-refractivity contribution in [3.8, 4) is 0 Å². The highest BCUT2D eigenvalue weighted by Gasteiger charge is 2.02. The first-order valence-corrected chi connectivity index (χ1v) is 6.13. The highest BCUT2D eigenvalue weighted by molar-refractivity contribution is 5.80. The Morgan fingerprint density at radius 2 is 2.06 bits per heavy atom. The Kier molecular flexibility index (Phi) is 3.97. The second-order valence-electron chi connectivity index (χ2n) is 4.42. The van der Waals surface area contributed by atoms with E-state index in [2.05, 4.69) is 0 Å². The van der Waals surface area contributed by atoms with E-state index in [0.29, 0.717) is 6.42 Å². The molecule has 1 heterocycles. The Balaban J connectivity index is 1.91. The lowest BCUT2D eigenvalue weighted by Crippen LogP contribution is -1.98. The molecular weight excluding hydrogens is 233 g/mol. The van der Waals surface area contributed by atoms with Crippen LogP contribution in [0.3, 0.4) is 0 Å². The molecule has 0 radical (unpaired) electrons. The van der Waals surface area contributed by atoms with Crippen molar-refractivity contribution in [1.29, 1.82) is 0 Å². The van der Waals surface area contributed by atoms with Gasteiger partial charge >= 0.3 is 5.97 Å². The molecule has 3 nitrogen and oxygen atoms in total. The van der Waals surface area contributed by atoms with Crippen molar-refractivity contribution in [1.82, 2.24) is 4.57 Å². The van der Waals surface area contributed by atoms with Gasteiger partial charge in [-0.25, -0.2) is 4.39 Å². The fourth-order valence-corrected chi connectivity index (χ4v) is 2.09. The zero-order chi connectivity index (χ0) is 13.0. The normalized spacial score (nSPS) is 10.9. The van der Waals surface area contributed by atoms with Crippen LogP contribution in [0.15, 0.2) is 30.5 Å². The van der Waals surface area contributed by atoms with E-state index >= 15 is 0 Å². The van der Waals surface area contributed by atoms with Crippen LogP contribution < -0.4 is 0 Å². The summed E-state index contributed by atoms with van der Waals surface area (Å²) in [6.45, 7) is 0.798. The maximum absolute atomic E-state index is 13.1. The molecule has 0 saturated carbocycles. The van der Waals surface area contributed by atoms with Crippen LogP contribution in [0.25, 0.3) is 10.9 Å². The van der Waals surface area contributed by atoms with Crippen molar-refractivity contribution in [2.45, 2.75) is 32.2 Å². The van der Waals surface area contributed by atoms with Crippen molar-refractivity contribution >= 4 is 16.9 Å². The van der Waals surface area contributed by atoms with Crippen molar-refractivity contribution in [3.05, 3.63) is 36.3 Å². The van der Waals surface area contributed by atoms with E-state index in [4.69, 9.17) is 5.11 Å². The van der Waals surface area contributed by atoms with Gasteiger partial charge in [-0.15, -0.1) is 0 Å². The first-order valence-electron chi connectivity index (χ1n) is 6.13. The highest BCUT2D eigenvalue weighted by Crippen LogP contribution is 2.18. The number of rotatable bonds is 6. The molecule has 0 fully saturated rings. The summed E-state index contributed by atoms with van der Waals surface area (Å²) in [6, 6.07) is 6.73. The van der Waals surface area contributed by atoms with Gasteiger partial charge in [-0.1, -0.05) is 6.42 Å². The summed E-state index contributed by atoms with van der Waals surface area (Å²) in [7, 11) is 0. The molecule has 0 aliphatic rings. The van der Waals surface area contributed by atoms with Gasteiger partial charge in [0.05, 0.1) is 5.52 Å². The summed E-state index contributed by atoms with van der Waals surface area (Å²) in [5.74, 6) is -0.975. The fraction of sp³-hybridized carbons (Fsp3) is 0.357. The van der Waals surface area contributed by atoms with Gasteiger partial charge in [0.2, 0.25) is 0 Å². The third-order valence-electron chi connectivity index (χ3n) is 3.03. The van der Waals surface area contributed by atoms with E-state index in [1.54, 1.807) is 6.07 Å². The maximum atomic E-state index is 13.1. The Hall–Kier alpha value is -1.84. The third-order valence-corrected chi connectivity index (χ3v) is 3.03. The fourth-order valence-electron chi connectivity index (χ4n) is 2.09. The molecule has 0 aliphatic carbocycles. The van der Waals surface area contributed by atoms with Crippen LogP contribution in [-0.2, 0) is 11.3 Å². The van der Waals surface area contributed by atoms with E-state index in [-0.39, 0.29) is 12.2 Å². The van der Waals surface area contributed by atoms with Gasteiger partial charge in [0.25, 0.3) is 0 Å². The van der Waals surface area contributed by atoms with Crippen LogP contribution >= 0.6 is 0 Å². The maximum Gasteiger partial charge on any atom is 0.303 e. The minimum absolute atomic E-state index is 0.223. The van der Waals surface area contributed by atoms with Crippen molar-refractivity contribution in [2.24, 2.45) is 0 Å². The lowest BCUT2D eigenvalue weighted by Gasteiger charge is -2.05. The number of carboxylic acid groups (broad SMARTS) is 1. The summed E-state index contributed by atoms with van der Waals surface area (Å²) < 4.78 is 15.2. The van der Waals surface area contributed by atoms with Crippen molar-refractivity contribution in [3.63, 3.8) is 0 Å². The molecule has 0 saturated heterocycles. The quantitative estimate of drug-likeness (QED) is 0.797. The molecule has 0 bridgehead atoms. The van der Waals surface area contributed by atoms with E-state index in [1.165, 1.54) is 12.1 Å². The largest absolute Gasteiger partial charge is 0.481 e. The standard InChI is InChI=1S/C14H16FNO2/c15-12-6-5-11-7-9-16(13(11)10-12)8-3-1-2-4-14(17)18/h5-7,9-10H,1-4,8H2,(H,17,18). The average Bonchev–Trinajstić information content (AvgIpc) is 2.71. The molecule has 0 atom stereocenters. The second-order valence-corrected chi connectivity index (χ2v) is 4.42. The van der Waals surface area contributed by atoms with E-state index in [0.717, 1.165) is 30.3 Å². The Bertz CT molecular complexity index is 548. The minimum Gasteiger partial charge on any atom is -0.481 e. The van der Waals surface area contributed by atoms with E-state index in [9.17, 15) is 9.18 Å². The van der Waals surface area contributed by atoms with Crippen LogP contribution in [0, 0.1) is 5.82 Å². The number of benzene rings is 1. The predicted octanol–water partition coefficient (Wildman–Crippen LogP) is 3.43. The number of carbonyl (C=O) groups is 1. The number of fused-ring (bicyclic) bond motifs is 1. The molecule has 1 aromatic carbocycles. The number of aliphatic carboxylic acids is 1. The zero-order valence-electron chi connectivity index (χ0n) is 10.1. The third kappa shape index (κ3) is 3.09. The second kappa shape index (κ2) is 5.67. The highest BCUT2D eigenvalue weighted by atomic mass is 19.1. The van der Waals surface area contributed by atoms with E-state index < -0.39 is 5.97 Å². The van der Waals surface area contributed by atoms with Crippen LogP contribution in [0.4, 0.5) is 4.39 Å². The Morgan fingerprint density at radius 3 is 2.83 bits per heavy atom. The lowest BCUT2D eigenvalue weighted by molar-refractivity contribution is -0.137. The molecule has 96 valence electrons. The zero-order valence-corrected chi connectivity index (χ0v) is 10.1. The van der Waals surface area contributed by atoms with Gasteiger partial charge in [-0.2, -0.15) is 0 Å². The van der Waals surface area contributed by atoms with Crippen LogP contribution in [-0.4, -0.2) is 15.6 Å². The number of aromatic nitrogens is 1. The summed E-state index contributed by atoms with van der Waals surface area (Å²) >= 11 is 0. The molecule has 18 heavy (non-hydrogen) atoms. The number of hydrogen-bond donors (Lipinski definition) is 1. The van der Waals surface area contributed by atoms with E-state index in [1.807, 2.05) is 16.8 Å². The van der Waals surface area contributed by atoms with Gasteiger partial charge in [0, 0.05) is 19.2 Å². The predicted molar refractivity (Wildman–Crippen MR) is 68.0 cm³/mol. The summed E-state index contributed by atoms with van der Waals surface area (Å²) in [5, 5.41) is 9.55. The minimum atomic E-state index is -0.747. The number of aryl methyl sites for hydroxylation is 1. The molecule has 2 aromatic rings. The van der Waals surface area contributed by atoms with Gasteiger partial charge in [0.15, 0.2) is 0 Å². The molecule has 0 amide bonds. The van der Waals surface area contributed by atoms with Crippen LogP contribution in [0.5, 0.6) is 0 Å². The molecule has 2 rings (SSSR count). The smallest absolute Gasteiger partial charge is 0.303 e. The number of hydrogen-bond acceptors (Lipinski definition) is 1. The van der Waals surface area contributed by atoms with Gasteiger partial charge < -0.3 is 9.67 Å². The average molecular weight is 249 g/mol. The Morgan fingerprint density at radius 1 is 1.22 bits per heavy atom. The number of unbranched alkanes of at least 4 members (excludes halogenated alkanes) is 2. The SMILES string of the molecule is O=C(O)CCCCCn1ccc2ccc(F)cc21. The number of carboxylic acids is 1. The monoisotopic (exact) mass is 249 g/mol. The van der Waals surface area contributed by atoms with Crippen LogP contribution in [0.2, 0.25) is 0 Å². The lowest BCUT2D eigenvalue weighted by atomic mass is 10.2. The first kappa shape index (κ1) is 12.6.